The number of nitrogens with two attached hydrogens (primary N) is 1. The van der Waals surface area contributed by atoms with Crippen molar-refractivity contribution in [3.63, 3.8) is 0 Å². The maximum atomic E-state index is 11.0. The van der Waals surface area contributed by atoms with Crippen molar-refractivity contribution in [3.05, 3.63) is 16.1 Å². The highest BCUT2D eigenvalue weighted by molar-refractivity contribution is 7.09. The minimum atomic E-state index is -0.470. The van der Waals surface area contributed by atoms with Gasteiger partial charge in [0.15, 0.2) is 6.19 Å². The number of nitrogens with zero attached hydrogens (tertiary/aromatic N) is 2. The van der Waals surface area contributed by atoms with Crippen LogP contribution in [0.15, 0.2) is 5.38 Å². The van der Waals surface area contributed by atoms with E-state index in [1.54, 1.807) is 11.6 Å². The molecule has 0 atom stereocenters. The van der Waals surface area contributed by atoms with Crippen molar-refractivity contribution in [2.45, 2.75) is 6.42 Å². The van der Waals surface area contributed by atoms with Crippen LogP contribution >= 0.6 is 11.3 Å². The lowest BCUT2D eigenvalue weighted by Gasteiger charge is -1.90. The predicted molar refractivity (Wildman–Crippen MR) is 48.0 cm³/mol. The fraction of sp³-hybridized carbons (Fsp3) is 0.286. The Bertz CT molecular complexity index is 341. The van der Waals surface area contributed by atoms with E-state index in [9.17, 15) is 4.79 Å². The van der Waals surface area contributed by atoms with Crippen LogP contribution in [0.25, 0.3) is 0 Å². The number of nitriles is 1. The molecule has 68 valence electrons. The molecule has 0 unspecified atom stereocenters. The Labute approximate surface area is 79.2 Å². The molecule has 0 aliphatic heterocycles. The fourth-order valence-electron chi connectivity index (χ4n) is 0.768. The first-order valence-electron chi connectivity index (χ1n) is 3.62. The maximum Gasteiger partial charge on any atom is 0.283 e. The van der Waals surface area contributed by atoms with E-state index in [4.69, 9.17) is 11.0 Å². The molecule has 0 bridgehead atoms. The lowest BCUT2D eigenvalue weighted by atomic mass is 10.4. The van der Waals surface area contributed by atoms with Gasteiger partial charge in [-0.3, -0.25) is 10.1 Å². The van der Waals surface area contributed by atoms with Crippen LogP contribution in [0.2, 0.25) is 0 Å². The van der Waals surface area contributed by atoms with Crippen LogP contribution in [0.5, 0.6) is 0 Å². The van der Waals surface area contributed by atoms with Crippen LogP contribution in [0.1, 0.15) is 15.5 Å². The molecule has 13 heavy (non-hydrogen) atoms. The third-order valence-corrected chi connectivity index (χ3v) is 2.22. The van der Waals surface area contributed by atoms with E-state index in [-0.39, 0.29) is 5.69 Å². The molecular formula is C7H8N4OS. The molecule has 1 amide bonds. The highest BCUT2D eigenvalue weighted by atomic mass is 32.1. The number of nitrogens with one attached hydrogen (secondary N) is 1. The van der Waals surface area contributed by atoms with Gasteiger partial charge < -0.3 is 5.73 Å². The summed E-state index contributed by atoms with van der Waals surface area (Å²) >= 11 is 1.37. The molecule has 0 aliphatic rings. The van der Waals surface area contributed by atoms with Gasteiger partial charge in [-0.2, -0.15) is 5.26 Å². The molecule has 3 N–H and O–H groups in total. The van der Waals surface area contributed by atoms with E-state index in [1.165, 1.54) is 11.3 Å². The van der Waals surface area contributed by atoms with Crippen LogP contribution in [0, 0.1) is 11.5 Å². The van der Waals surface area contributed by atoms with Gasteiger partial charge in [0.05, 0.1) is 5.01 Å². The van der Waals surface area contributed by atoms with Gasteiger partial charge in [-0.05, 0) is 6.54 Å². The van der Waals surface area contributed by atoms with E-state index >= 15 is 0 Å². The van der Waals surface area contributed by atoms with E-state index in [1.807, 2.05) is 5.32 Å². The Morgan fingerprint density at radius 2 is 2.62 bits per heavy atom. The summed E-state index contributed by atoms with van der Waals surface area (Å²) in [5.74, 6) is -0.470. The van der Waals surface area contributed by atoms with E-state index in [2.05, 4.69) is 4.98 Å². The Balaban J connectivity index is 2.69. The number of hydrogen-bond donors (Lipinski definition) is 2. The first-order valence-corrected chi connectivity index (χ1v) is 4.49. The molecule has 6 heteroatoms. The van der Waals surface area contributed by atoms with Crippen LogP contribution in [0.4, 0.5) is 0 Å². The number of thiazole rings is 1. The van der Waals surface area contributed by atoms with Gasteiger partial charge in [-0.1, -0.05) is 0 Å². The number of amides is 1. The molecular weight excluding hydrogens is 188 g/mol. The summed E-state index contributed by atoms with van der Waals surface area (Å²) in [5, 5.41) is 12.6. The van der Waals surface area contributed by atoms with E-state index in [0.717, 1.165) is 5.01 Å². The molecule has 0 aromatic carbocycles. The summed E-state index contributed by atoms with van der Waals surface area (Å²) in [6.45, 7) is 0.507. The average Bonchev–Trinajstić information content (AvgIpc) is 2.54. The third-order valence-electron chi connectivity index (χ3n) is 1.31. The number of hydrogen-bond acceptors (Lipinski definition) is 5. The van der Waals surface area contributed by atoms with E-state index in [0.29, 0.717) is 13.0 Å². The number of aromatic nitrogens is 1. The lowest BCUT2D eigenvalue weighted by molar-refractivity contribution is 0.0968. The smallest absolute Gasteiger partial charge is 0.283 e. The van der Waals surface area contributed by atoms with Gasteiger partial charge in [-0.25, -0.2) is 4.98 Å². The highest BCUT2D eigenvalue weighted by Crippen LogP contribution is 2.09. The number of rotatable bonds is 3. The SMILES string of the molecule is N#CNC(=O)c1csc(CCN)n1. The first kappa shape index (κ1) is 9.64. The van der Waals surface area contributed by atoms with Crippen molar-refractivity contribution in [2.75, 3.05) is 6.54 Å². The summed E-state index contributed by atoms with van der Waals surface area (Å²) in [4.78, 5) is 15.0. The normalized spacial score (nSPS) is 9.23. The van der Waals surface area contributed by atoms with Gasteiger partial charge in [0.2, 0.25) is 0 Å². The average molecular weight is 196 g/mol. The largest absolute Gasteiger partial charge is 0.330 e. The van der Waals surface area contributed by atoms with Gasteiger partial charge >= 0.3 is 0 Å². The molecule has 0 spiro atoms. The second-order valence-corrected chi connectivity index (χ2v) is 3.17. The monoisotopic (exact) mass is 196 g/mol. The standard InChI is InChI=1S/C7H8N4OS/c8-2-1-6-11-5(3-13-6)7(12)10-4-9/h3H,1-2,8H2,(H,10,12). The molecule has 0 radical (unpaired) electrons. The van der Waals surface area contributed by atoms with Crippen LogP contribution < -0.4 is 11.1 Å². The maximum absolute atomic E-state index is 11.0. The van der Waals surface area contributed by atoms with Crippen molar-refractivity contribution in [3.8, 4) is 6.19 Å². The molecule has 0 aliphatic carbocycles. The molecule has 1 aromatic heterocycles. The third kappa shape index (κ3) is 2.50. The minimum Gasteiger partial charge on any atom is -0.330 e. The van der Waals surface area contributed by atoms with Crippen LogP contribution in [-0.2, 0) is 6.42 Å². The Morgan fingerprint density at radius 3 is 3.23 bits per heavy atom. The van der Waals surface area contributed by atoms with Gasteiger partial charge in [0, 0.05) is 11.8 Å². The molecule has 0 saturated heterocycles. The zero-order chi connectivity index (χ0) is 9.68. The first-order chi connectivity index (χ1) is 6.27. The zero-order valence-corrected chi connectivity index (χ0v) is 7.60. The van der Waals surface area contributed by atoms with Gasteiger partial charge in [0.1, 0.15) is 5.69 Å². The summed E-state index contributed by atoms with van der Waals surface area (Å²) < 4.78 is 0. The van der Waals surface area contributed by atoms with Crippen molar-refractivity contribution in [1.29, 1.82) is 5.26 Å². The number of carbonyl (C=O) groups excluding carboxylic acids is 1. The van der Waals surface area contributed by atoms with Crippen molar-refractivity contribution < 1.29 is 4.79 Å². The second kappa shape index (κ2) is 4.54. The van der Waals surface area contributed by atoms with Crippen LogP contribution in [0.3, 0.4) is 0 Å². The molecule has 0 saturated carbocycles. The molecule has 1 rings (SSSR count). The summed E-state index contributed by atoms with van der Waals surface area (Å²) in [5.41, 5.74) is 5.59. The Morgan fingerprint density at radius 1 is 1.85 bits per heavy atom. The van der Waals surface area contributed by atoms with E-state index < -0.39 is 5.91 Å². The molecule has 0 fully saturated rings. The summed E-state index contributed by atoms with van der Waals surface area (Å²) in [6.07, 6.45) is 2.20. The lowest BCUT2D eigenvalue weighted by Crippen LogP contribution is -2.17. The van der Waals surface area contributed by atoms with Gasteiger partial charge in [0.25, 0.3) is 5.91 Å². The number of carbonyl (C=O) groups is 1. The van der Waals surface area contributed by atoms with Crippen molar-refractivity contribution in [2.24, 2.45) is 5.73 Å². The van der Waals surface area contributed by atoms with Crippen molar-refractivity contribution >= 4 is 17.2 Å². The Kier molecular flexibility index (Phi) is 3.37. The summed E-state index contributed by atoms with van der Waals surface area (Å²) in [6, 6.07) is 0. The topological polar surface area (TPSA) is 91.8 Å². The molecule has 5 nitrogen and oxygen atoms in total. The second-order valence-electron chi connectivity index (χ2n) is 2.23. The summed E-state index contributed by atoms with van der Waals surface area (Å²) in [7, 11) is 0. The Hall–Kier alpha value is -1.45. The predicted octanol–water partition coefficient (Wildman–Crippen LogP) is -0.145. The minimum absolute atomic E-state index is 0.273. The van der Waals surface area contributed by atoms with Gasteiger partial charge in [-0.15, -0.1) is 11.3 Å². The van der Waals surface area contributed by atoms with Crippen LogP contribution in [-0.4, -0.2) is 17.4 Å². The highest BCUT2D eigenvalue weighted by Gasteiger charge is 2.08. The van der Waals surface area contributed by atoms with Crippen molar-refractivity contribution in [1.82, 2.24) is 10.3 Å². The fourth-order valence-corrected chi connectivity index (χ4v) is 1.56. The zero-order valence-electron chi connectivity index (χ0n) is 6.78. The molecule has 1 heterocycles. The quantitative estimate of drug-likeness (QED) is 0.519. The molecule has 1 aromatic rings.